The van der Waals surface area contributed by atoms with Crippen LogP contribution in [0.5, 0.6) is 0 Å². The van der Waals surface area contributed by atoms with Crippen LogP contribution in [0.25, 0.3) is 0 Å². The quantitative estimate of drug-likeness (QED) is 0.0549. The molecule has 292 valence electrons. The summed E-state index contributed by atoms with van der Waals surface area (Å²) in [4.78, 5) is 50.3. The van der Waals surface area contributed by atoms with Crippen LogP contribution in [0.4, 0.5) is 0 Å². The number of nitrogens with one attached hydrogen (secondary N) is 4. The van der Waals surface area contributed by atoms with Gasteiger partial charge in [0.1, 0.15) is 61.0 Å². The third kappa shape index (κ3) is 10.4. The lowest BCUT2D eigenvalue weighted by Crippen LogP contribution is -2.70. The lowest BCUT2D eigenvalue weighted by atomic mass is 9.93. The van der Waals surface area contributed by atoms with E-state index in [0.717, 1.165) is 14.0 Å². The maximum absolute atomic E-state index is 13.1. The van der Waals surface area contributed by atoms with E-state index in [2.05, 4.69) is 27.8 Å². The van der Waals surface area contributed by atoms with Crippen molar-refractivity contribution in [2.75, 3.05) is 39.9 Å². The molecule has 0 aromatic carbocycles. The number of carbonyl (C=O) groups is 4. The van der Waals surface area contributed by atoms with Crippen molar-refractivity contribution in [3.05, 3.63) is 12.2 Å². The Labute approximate surface area is 293 Å². The van der Waals surface area contributed by atoms with Gasteiger partial charge in [0.15, 0.2) is 24.8 Å². The maximum Gasteiger partial charge on any atom is 0.252 e. The van der Waals surface area contributed by atoms with E-state index in [-0.39, 0.29) is 31.8 Å². The second-order valence-electron chi connectivity index (χ2n) is 12.4. The van der Waals surface area contributed by atoms with Crippen LogP contribution < -0.4 is 27.0 Å². The SMILES string of the molecule is C=C(C)C(=O)NCCNC(=O)C1OC(OC2C(O)C(CO)OC(OC3C(C(=O)NCCN)OC(C)C(O)C3O)C2NC(C)=O)C(O)C(O)C1OC. The smallest absolute Gasteiger partial charge is 0.252 e. The van der Waals surface area contributed by atoms with E-state index < -0.39 is 122 Å². The first-order valence-electron chi connectivity index (χ1n) is 16.3. The predicted octanol–water partition coefficient (Wildman–Crippen LogP) is -6.81. The molecule has 4 amide bonds. The summed E-state index contributed by atoms with van der Waals surface area (Å²) in [5, 5.41) is 74.8. The van der Waals surface area contributed by atoms with Gasteiger partial charge in [0.25, 0.3) is 11.8 Å². The monoisotopic (exact) mass is 737 g/mol. The molecule has 0 aromatic rings. The molecule has 3 aliphatic heterocycles. The van der Waals surface area contributed by atoms with Crippen LogP contribution in [0, 0.1) is 0 Å². The van der Waals surface area contributed by atoms with Crippen molar-refractivity contribution >= 4 is 23.6 Å². The van der Waals surface area contributed by atoms with Gasteiger partial charge in [0.2, 0.25) is 11.8 Å². The van der Waals surface area contributed by atoms with Crippen molar-refractivity contribution in [3.63, 3.8) is 0 Å². The lowest BCUT2D eigenvalue weighted by molar-refractivity contribution is -0.352. The van der Waals surface area contributed by atoms with E-state index >= 15 is 0 Å². The number of methoxy groups -OCH3 is 1. The van der Waals surface area contributed by atoms with Crippen molar-refractivity contribution in [3.8, 4) is 0 Å². The van der Waals surface area contributed by atoms with Crippen molar-refractivity contribution in [1.82, 2.24) is 21.3 Å². The highest BCUT2D eigenvalue weighted by Gasteiger charge is 2.55. The Bertz CT molecular complexity index is 1220. The van der Waals surface area contributed by atoms with E-state index in [1.54, 1.807) is 0 Å². The molecule has 21 nitrogen and oxygen atoms in total. The molecule has 3 rings (SSSR count). The van der Waals surface area contributed by atoms with E-state index in [1.807, 2.05) is 0 Å². The maximum atomic E-state index is 13.1. The molecule has 0 aliphatic carbocycles. The second-order valence-corrected chi connectivity index (χ2v) is 12.4. The molecule has 51 heavy (non-hydrogen) atoms. The van der Waals surface area contributed by atoms with Gasteiger partial charge in [-0.2, -0.15) is 0 Å². The molecule has 0 aromatic heterocycles. The van der Waals surface area contributed by atoms with Crippen molar-refractivity contribution in [2.24, 2.45) is 5.73 Å². The fourth-order valence-corrected chi connectivity index (χ4v) is 5.78. The zero-order chi connectivity index (χ0) is 38.2. The molecule has 12 N–H and O–H groups in total. The molecular weight excluding hydrogens is 686 g/mol. The molecule has 0 radical (unpaired) electrons. The topological polar surface area (TPSA) is 319 Å². The first kappa shape index (κ1) is 42.5. The van der Waals surface area contributed by atoms with E-state index in [4.69, 9.17) is 34.2 Å². The van der Waals surface area contributed by atoms with Gasteiger partial charge in [-0.1, -0.05) is 6.58 Å². The summed E-state index contributed by atoms with van der Waals surface area (Å²) >= 11 is 0. The number of hydrogen-bond donors (Lipinski definition) is 11. The number of hydrogen-bond acceptors (Lipinski definition) is 17. The number of amides is 4. The second kappa shape index (κ2) is 19.3. The van der Waals surface area contributed by atoms with Crippen molar-refractivity contribution in [2.45, 2.75) is 113 Å². The third-order valence-electron chi connectivity index (χ3n) is 8.51. The molecule has 0 spiro atoms. The minimum Gasteiger partial charge on any atom is -0.394 e. The van der Waals surface area contributed by atoms with Crippen LogP contribution in [-0.2, 0) is 47.6 Å². The Morgan fingerprint density at radius 2 is 1.31 bits per heavy atom. The summed E-state index contributed by atoms with van der Waals surface area (Å²) in [5.74, 6) is -2.74. The van der Waals surface area contributed by atoms with Crippen LogP contribution in [-0.4, -0.2) is 186 Å². The van der Waals surface area contributed by atoms with Crippen LogP contribution >= 0.6 is 0 Å². The molecule has 21 heteroatoms. The van der Waals surface area contributed by atoms with Gasteiger partial charge in [-0.05, 0) is 13.8 Å². The highest BCUT2D eigenvalue weighted by atomic mass is 16.7. The van der Waals surface area contributed by atoms with Gasteiger partial charge < -0.3 is 86.1 Å². The molecular formula is C30H51N5O16. The summed E-state index contributed by atoms with van der Waals surface area (Å²) in [7, 11) is 1.16. The number of aliphatic hydroxyl groups is 6. The molecule has 15 atom stereocenters. The van der Waals surface area contributed by atoms with Gasteiger partial charge >= 0.3 is 0 Å². The van der Waals surface area contributed by atoms with Gasteiger partial charge in [0.05, 0.1) is 12.7 Å². The zero-order valence-electron chi connectivity index (χ0n) is 28.7. The summed E-state index contributed by atoms with van der Waals surface area (Å²) in [6.07, 6.45) is -22.9. The Balaban J connectivity index is 1.89. The Morgan fingerprint density at radius 3 is 1.88 bits per heavy atom. The standard InChI is InChI=1S/C30H51N5O16/c1-11(2)26(43)33-8-9-34-27(44)24-22(46-5)19(41)20(42)30(51-24)49-21-15(35-13(4)37)29(48-14(10-36)17(21)39)50-23-18(40)16(38)12(3)47-25(23)28(45)32-7-6-31/h12,14-25,29-30,36,38-42H,1,6-10,31H2,2-5H3,(H,32,45)(H,33,43)(H,34,44)(H,35,37). The fraction of sp³-hybridized carbons (Fsp3) is 0.800. The van der Waals surface area contributed by atoms with Crippen LogP contribution in [0.2, 0.25) is 0 Å². The Morgan fingerprint density at radius 1 is 0.745 bits per heavy atom. The van der Waals surface area contributed by atoms with Gasteiger partial charge in [0, 0.05) is 45.8 Å². The predicted molar refractivity (Wildman–Crippen MR) is 170 cm³/mol. The minimum atomic E-state index is -1.91. The first-order chi connectivity index (χ1) is 24.1. The van der Waals surface area contributed by atoms with E-state index in [1.165, 1.54) is 13.8 Å². The van der Waals surface area contributed by atoms with Crippen LogP contribution in [0.15, 0.2) is 12.2 Å². The number of rotatable bonds is 15. The minimum absolute atomic E-state index is 0.00964. The fourth-order valence-electron chi connectivity index (χ4n) is 5.78. The van der Waals surface area contributed by atoms with Gasteiger partial charge in [-0.15, -0.1) is 0 Å². The molecule has 0 bridgehead atoms. The summed E-state index contributed by atoms with van der Waals surface area (Å²) in [5.41, 5.74) is 5.74. The van der Waals surface area contributed by atoms with Gasteiger partial charge in [-0.3, -0.25) is 19.2 Å². The Hall–Kier alpha value is -2.90. The Kier molecular flexibility index (Phi) is 16.1. The highest BCUT2D eigenvalue weighted by molar-refractivity contribution is 5.92. The van der Waals surface area contributed by atoms with Gasteiger partial charge in [-0.25, -0.2) is 0 Å². The third-order valence-corrected chi connectivity index (χ3v) is 8.51. The number of ether oxygens (including phenoxy) is 6. The van der Waals surface area contributed by atoms with Crippen LogP contribution in [0.1, 0.15) is 20.8 Å². The molecule has 3 heterocycles. The summed E-state index contributed by atoms with van der Waals surface area (Å²) < 4.78 is 34.3. The number of carbonyl (C=O) groups excluding carboxylic acids is 4. The van der Waals surface area contributed by atoms with E-state index in [0.29, 0.717) is 0 Å². The average Bonchev–Trinajstić information content (AvgIpc) is 3.09. The molecule has 3 fully saturated rings. The lowest BCUT2D eigenvalue weighted by Gasteiger charge is -2.49. The molecule has 3 saturated heterocycles. The number of nitrogens with two attached hydrogens (primary N) is 1. The summed E-state index contributed by atoms with van der Waals surface area (Å²) in [6.45, 7) is 6.72. The molecule has 0 saturated carbocycles. The average molecular weight is 738 g/mol. The summed E-state index contributed by atoms with van der Waals surface area (Å²) in [6, 6.07) is -1.55. The largest absolute Gasteiger partial charge is 0.394 e. The highest BCUT2D eigenvalue weighted by Crippen LogP contribution is 2.33. The number of aliphatic hydroxyl groups excluding tert-OH is 6. The molecule has 3 aliphatic rings. The van der Waals surface area contributed by atoms with Crippen molar-refractivity contribution in [1.29, 1.82) is 0 Å². The zero-order valence-corrected chi connectivity index (χ0v) is 28.7. The van der Waals surface area contributed by atoms with E-state index in [9.17, 15) is 49.8 Å². The van der Waals surface area contributed by atoms with Crippen LogP contribution in [0.3, 0.4) is 0 Å². The first-order valence-corrected chi connectivity index (χ1v) is 16.3. The molecule has 15 unspecified atom stereocenters. The van der Waals surface area contributed by atoms with Crippen molar-refractivity contribution < 1.29 is 78.2 Å². The normalized spacial score (nSPS) is 38.3.